The molecule has 0 aliphatic carbocycles. The lowest BCUT2D eigenvalue weighted by Gasteiger charge is -1.97. The van der Waals surface area contributed by atoms with Gasteiger partial charge in [-0.15, -0.1) is 0 Å². The summed E-state index contributed by atoms with van der Waals surface area (Å²) in [6.07, 6.45) is 1.64. The fourth-order valence-electron chi connectivity index (χ4n) is 2.01. The number of para-hydroxylation sites is 1. The van der Waals surface area contributed by atoms with Gasteiger partial charge in [0.25, 0.3) is 0 Å². The lowest BCUT2D eigenvalue weighted by atomic mass is 10.1. The van der Waals surface area contributed by atoms with E-state index in [-0.39, 0.29) is 5.91 Å². The Hall–Kier alpha value is -2.36. The summed E-state index contributed by atoms with van der Waals surface area (Å²) in [5, 5.41) is 5.07. The summed E-state index contributed by atoms with van der Waals surface area (Å²) in [6.45, 7) is 3.73. The van der Waals surface area contributed by atoms with Crippen molar-refractivity contribution < 1.29 is 9.21 Å². The van der Waals surface area contributed by atoms with Crippen LogP contribution in [0.1, 0.15) is 21.8 Å². The van der Waals surface area contributed by atoms with Crippen molar-refractivity contribution in [3.63, 3.8) is 0 Å². The van der Waals surface area contributed by atoms with Crippen molar-refractivity contribution in [2.75, 3.05) is 0 Å². The lowest BCUT2D eigenvalue weighted by molar-refractivity contribution is 0.0918. The molecule has 0 bridgehead atoms. The fraction of sp³-hybridized carbons (Fsp3) is 0.143. The minimum Gasteiger partial charge on any atom is -0.451 e. The molecule has 3 aromatic rings. The van der Waals surface area contributed by atoms with Crippen molar-refractivity contribution in [2.24, 2.45) is 0 Å². The predicted octanol–water partition coefficient (Wildman–Crippen LogP) is 2.93. The van der Waals surface area contributed by atoms with Crippen LogP contribution >= 0.6 is 0 Å². The third-order valence-electron chi connectivity index (χ3n) is 2.97. The smallest absolute Gasteiger partial charge is 0.314 e. The van der Waals surface area contributed by atoms with Gasteiger partial charge >= 0.3 is 5.91 Å². The van der Waals surface area contributed by atoms with E-state index in [2.05, 4.69) is 5.10 Å². The van der Waals surface area contributed by atoms with Crippen molar-refractivity contribution in [1.29, 1.82) is 0 Å². The molecule has 0 aliphatic heterocycles. The molecule has 18 heavy (non-hydrogen) atoms. The first-order chi connectivity index (χ1) is 8.66. The number of aromatic nitrogens is 2. The van der Waals surface area contributed by atoms with Gasteiger partial charge in [-0.2, -0.15) is 5.10 Å². The first-order valence-electron chi connectivity index (χ1n) is 5.72. The molecule has 0 unspecified atom stereocenters. The van der Waals surface area contributed by atoms with Gasteiger partial charge in [-0.1, -0.05) is 18.2 Å². The molecule has 4 nitrogen and oxygen atoms in total. The molecule has 0 fully saturated rings. The highest BCUT2D eigenvalue weighted by atomic mass is 16.3. The third-order valence-corrected chi connectivity index (χ3v) is 2.97. The number of furan rings is 1. The summed E-state index contributed by atoms with van der Waals surface area (Å²) in [6, 6.07) is 9.40. The first-order valence-corrected chi connectivity index (χ1v) is 5.72. The van der Waals surface area contributed by atoms with Crippen LogP contribution in [-0.2, 0) is 0 Å². The number of benzene rings is 1. The number of carbonyl (C=O) groups excluding carboxylic acids is 1. The van der Waals surface area contributed by atoms with Crippen molar-refractivity contribution in [2.45, 2.75) is 13.8 Å². The fourth-order valence-corrected chi connectivity index (χ4v) is 2.01. The van der Waals surface area contributed by atoms with E-state index in [1.807, 2.05) is 38.1 Å². The summed E-state index contributed by atoms with van der Waals surface area (Å²) in [5.74, 6) is 0.108. The minimum atomic E-state index is -0.239. The molecule has 0 amide bonds. The maximum Gasteiger partial charge on any atom is 0.314 e. The van der Waals surface area contributed by atoms with E-state index in [1.54, 1.807) is 12.3 Å². The Kier molecular flexibility index (Phi) is 2.30. The molecule has 0 spiro atoms. The average molecular weight is 240 g/mol. The number of fused-ring (bicyclic) bond motifs is 1. The Morgan fingerprint density at radius 1 is 1.22 bits per heavy atom. The quantitative estimate of drug-likeness (QED) is 0.657. The molecule has 0 saturated heterocycles. The Labute approximate surface area is 104 Å². The first kappa shape index (κ1) is 10.8. The minimum absolute atomic E-state index is 0.239. The van der Waals surface area contributed by atoms with E-state index < -0.39 is 0 Å². The summed E-state index contributed by atoms with van der Waals surface area (Å²) in [5.41, 5.74) is 2.38. The Morgan fingerprint density at radius 3 is 2.67 bits per heavy atom. The van der Waals surface area contributed by atoms with Crippen LogP contribution in [0.5, 0.6) is 0 Å². The van der Waals surface area contributed by atoms with E-state index in [0.717, 1.165) is 22.2 Å². The Morgan fingerprint density at radius 2 is 2.00 bits per heavy atom. The van der Waals surface area contributed by atoms with Gasteiger partial charge in [0.05, 0.1) is 5.69 Å². The molecule has 90 valence electrons. The maximum atomic E-state index is 12.3. The van der Waals surface area contributed by atoms with Crippen LogP contribution in [0.4, 0.5) is 0 Å². The van der Waals surface area contributed by atoms with Crippen molar-refractivity contribution in [3.8, 4) is 0 Å². The number of hydrogen-bond acceptors (Lipinski definition) is 3. The van der Waals surface area contributed by atoms with Crippen LogP contribution in [0.25, 0.3) is 11.0 Å². The molecule has 3 rings (SSSR count). The summed E-state index contributed by atoms with van der Waals surface area (Å²) < 4.78 is 6.92. The second-order valence-corrected chi connectivity index (χ2v) is 4.26. The SMILES string of the molecule is Cc1ccn(C(=O)c2oc3ccccc3c2C)n1. The van der Waals surface area contributed by atoms with E-state index in [4.69, 9.17) is 4.42 Å². The third kappa shape index (κ3) is 1.54. The summed E-state index contributed by atoms with van der Waals surface area (Å²) in [7, 11) is 0. The molecule has 4 heteroatoms. The molecule has 2 aromatic heterocycles. The largest absolute Gasteiger partial charge is 0.451 e. The lowest BCUT2D eigenvalue weighted by Crippen LogP contribution is -2.12. The molecule has 2 heterocycles. The summed E-state index contributed by atoms with van der Waals surface area (Å²) >= 11 is 0. The number of carbonyl (C=O) groups is 1. The molecule has 0 atom stereocenters. The standard InChI is InChI=1S/C14H12N2O2/c1-9-7-8-16(15-9)14(17)13-10(2)11-5-3-4-6-12(11)18-13/h3-8H,1-2H3. The topological polar surface area (TPSA) is 48.0 Å². The van der Waals surface area contributed by atoms with Crippen LogP contribution in [0, 0.1) is 13.8 Å². The molecular formula is C14H12N2O2. The number of hydrogen-bond donors (Lipinski definition) is 0. The zero-order chi connectivity index (χ0) is 12.7. The van der Waals surface area contributed by atoms with Gasteiger partial charge in [0.15, 0.2) is 5.76 Å². The molecule has 1 aromatic carbocycles. The van der Waals surface area contributed by atoms with Gasteiger partial charge in [-0.25, -0.2) is 4.68 Å². The van der Waals surface area contributed by atoms with Gasteiger partial charge in [-0.05, 0) is 26.0 Å². The van der Waals surface area contributed by atoms with E-state index in [9.17, 15) is 4.79 Å². The van der Waals surface area contributed by atoms with Gasteiger partial charge < -0.3 is 4.42 Å². The molecule has 0 N–H and O–H groups in total. The maximum absolute atomic E-state index is 12.3. The normalized spacial score (nSPS) is 11.0. The Balaban J connectivity index is 2.14. The van der Waals surface area contributed by atoms with Crippen molar-refractivity contribution >= 4 is 16.9 Å². The highest BCUT2D eigenvalue weighted by Crippen LogP contribution is 2.25. The van der Waals surface area contributed by atoms with Crippen LogP contribution in [0.15, 0.2) is 40.9 Å². The number of nitrogens with zero attached hydrogens (tertiary/aromatic N) is 2. The molecule has 0 saturated carbocycles. The van der Waals surface area contributed by atoms with Crippen LogP contribution in [0.2, 0.25) is 0 Å². The molecule has 0 radical (unpaired) electrons. The van der Waals surface area contributed by atoms with Gasteiger partial charge in [0.2, 0.25) is 0 Å². The second-order valence-electron chi connectivity index (χ2n) is 4.26. The summed E-state index contributed by atoms with van der Waals surface area (Å²) in [4.78, 5) is 12.3. The number of aryl methyl sites for hydroxylation is 2. The predicted molar refractivity (Wildman–Crippen MR) is 67.6 cm³/mol. The van der Waals surface area contributed by atoms with Gasteiger partial charge in [-0.3, -0.25) is 4.79 Å². The van der Waals surface area contributed by atoms with Crippen LogP contribution in [-0.4, -0.2) is 15.7 Å². The van der Waals surface area contributed by atoms with E-state index in [1.165, 1.54) is 4.68 Å². The van der Waals surface area contributed by atoms with E-state index in [0.29, 0.717) is 5.76 Å². The van der Waals surface area contributed by atoms with Crippen LogP contribution < -0.4 is 0 Å². The zero-order valence-corrected chi connectivity index (χ0v) is 10.2. The molecular weight excluding hydrogens is 228 g/mol. The number of rotatable bonds is 1. The molecule has 0 aliphatic rings. The highest BCUT2D eigenvalue weighted by molar-refractivity contribution is 5.99. The van der Waals surface area contributed by atoms with Crippen LogP contribution in [0.3, 0.4) is 0 Å². The average Bonchev–Trinajstić information content (AvgIpc) is 2.94. The monoisotopic (exact) mass is 240 g/mol. The van der Waals surface area contributed by atoms with Crippen molar-refractivity contribution in [1.82, 2.24) is 9.78 Å². The van der Waals surface area contributed by atoms with Gasteiger partial charge in [0, 0.05) is 17.1 Å². The second kappa shape index (κ2) is 3.84. The van der Waals surface area contributed by atoms with Crippen molar-refractivity contribution in [3.05, 3.63) is 53.5 Å². The zero-order valence-electron chi connectivity index (χ0n) is 10.2. The Bertz CT molecular complexity index is 737. The van der Waals surface area contributed by atoms with Gasteiger partial charge in [0.1, 0.15) is 5.58 Å². The highest BCUT2D eigenvalue weighted by Gasteiger charge is 2.19. The van der Waals surface area contributed by atoms with E-state index >= 15 is 0 Å².